The zero-order valence-electron chi connectivity index (χ0n) is 8.84. The maximum atomic E-state index is 11.6. The molecule has 0 fully saturated rings. The zero-order chi connectivity index (χ0) is 11.4. The van der Waals surface area contributed by atoms with Crippen molar-refractivity contribution >= 4 is 5.91 Å². The van der Waals surface area contributed by atoms with E-state index in [1.165, 1.54) is 11.0 Å². The lowest BCUT2D eigenvalue weighted by atomic mass is 10.3. The first-order chi connectivity index (χ1) is 7.77. The molecule has 0 saturated heterocycles. The summed E-state index contributed by atoms with van der Waals surface area (Å²) >= 11 is 0. The number of aromatic amines is 1. The van der Waals surface area contributed by atoms with Gasteiger partial charge in [0.15, 0.2) is 0 Å². The van der Waals surface area contributed by atoms with Crippen LogP contribution >= 0.6 is 0 Å². The van der Waals surface area contributed by atoms with Gasteiger partial charge in [0.25, 0.3) is 5.91 Å². The minimum absolute atomic E-state index is 0.139. The van der Waals surface area contributed by atoms with Crippen LogP contribution < -0.4 is 5.32 Å². The summed E-state index contributed by atoms with van der Waals surface area (Å²) in [5.74, 6) is 0.616. The fraction of sp³-hybridized carbons (Fsp3) is 0.333. The molecule has 2 rings (SSSR count). The van der Waals surface area contributed by atoms with Crippen molar-refractivity contribution in [3.05, 3.63) is 30.1 Å². The van der Waals surface area contributed by atoms with Crippen molar-refractivity contribution in [2.45, 2.75) is 6.42 Å². The van der Waals surface area contributed by atoms with Gasteiger partial charge in [0.1, 0.15) is 17.8 Å². The summed E-state index contributed by atoms with van der Waals surface area (Å²) < 4.78 is 1.53. The number of nitrogens with one attached hydrogen (secondary N) is 2. The molecule has 0 saturated carbocycles. The summed E-state index contributed by atoms with van der Waals surface area (Å²) in [6.07, 6.45) is 3.66. The number of rotatable bonds is 4. The number of nitrogens with zero attached hydrogens (tertiary/aromatic N) is 4. The van der Waals surface area contributed by atoms with E-state index in [0.29, 0.717) is 18.7 Å². The maximum Gasteiger partial charge on any atom is 0.269 e. The van der Waals surface area contributed by atoms with Crippen molar-refractivity contribution in [3.63, 3.8) is 0 Å². The first-order valence-corrected chi connectivity index (χ1v) is 4.88. The number of amides is 1. The highest BCUT2D eigenvalue weighted by Gasteiger charge is 2.08. The second-order valence-corrected chi connectivity index (χ2v) is 3.28. The standard InChI is InChI=1S/C9H12N6O/c1-15-7(2-5-13-15)9(16)10-4-3-8-11-6-12-14-8/h2,5-6H,3-4H2,1H3,(H,10,16)(H,11,12,14). The van der Waals surface area contributed by atoms with Crippen molar-refractivity contribution < 1.29 is 4.79 Å². The van der Waals surface area contributed by atoms with E-state index in [-0.39, 0.29) is 5.91 Å². The van der Waals surface area contributed by atoms with Gasteiger partial charge in [0.05, 0.1) is 0 Å². The van der Waals surface area contributed by atoms with Gasteiger partial charge >= 0.3 is 0 Å². The third-order valence-electron chi connectivity index (χ3n) is 2.17. The van der Waals surface area contributed by atoms with Crippen LogP contribution in [0.5, 0.6) is 0 Å². The molecular weight excluding hydrogens is 208 g/mol. The molecule has 2 aromatic heterocycles. The van der Waals surface area contributed by atoms with Crippen molar-refractivity contribution in [2.24, 2.45) is 7.05 Å². The summed E-state index contributed by atoms with van der Waals surface area (Å²) in [6.45, 7) is 0.513. The lowest BCUT2D eigenvalue weighted by Gasteiger charge is -2.03. The quantitative estimate of drug-likeness (QED) is 0.727. The van der Waals surface area contributed by atoms with E-state index >= 15 is 0 Å². The van der Waals surface area contributed by atoms with E-state index < -0.39 is 0 Å². The molecule has 2 N–H and O–H groups in total. The van der Waals surface area contributed by atoms with Crippen LogP contribution in [0.2, 0.25) is 0 Å². The van der Waals surface area contributed by atoms with Gasteiger partial charge < -0.3 is 5.32 Å². The number of aryl methyl sites for hydroxylation is 1. The molecule has 2 aromatic rings. The average molecular weight is 220 g/mol. The van der Waals surface area contributed by atoms with Crippen LogP contribution in [0.1, 0.15) is 16.3 Å². The molecule has 16 heavy (non-hydrogen) atoms. The van der Waals surface area contributed by atoms with Crippen molar-refractivity contribution in [2.75, 3.05) is 6.54 Å². The Kier molecular flexibility index (Phi) is 2.95. The average Bonchev–Trinajstić information content (AvgIpc) is 2.88. The highest BCUT2D eigenvalue weighted by atomic mass is 16.2. The summed E-state index contributed by atoms with van der Waals surface area (Å²) in [7, 11) is 1.73. The molecule has 1 amide bonds. The number of aromatic nitrogens is 5. The van der Waals surface area contributed by atoms with Gasteiger partial charge in [-0.1, -0.05) is 0 Å². The van der Waals surface area contributed by atoms with Gasteiger partial charge in [-0.25, -0.2) is 4.98 Å². The molecule has 0 radical (unpaired) electrons. The van der Waals surface area contributed by atoms with E-state index in [1.54, 1.807) is 19.3 Å². The molecule has 84 valence electrons. The van der Waals surface area contributed by atoms with Crippen molar-refractivity contribution in [1.82, 2.24) is 30.3 Å². The van der Waals surface area contributed by atoms with Gasteiger partial charge in [0.2, 0.25) is 0 Å². The van der Waals surface area contributed by atoms with Gasteiger partial charge in [-0.3, -0.25) is 14.6 Å². The summed E-state index contributed by atoms with van der Waals surface area (Å²) in [6, 6.07) is 1.67. The Labute approximate surface area is 91.9 Å². The minimum atomic E-state index is -0.139. The van der Waals surface area contributed by atoms with Gasteiger partial charge in [-0.2, -0.15) is 10.2 Å². The molecule has 0 aliphatic rings. The molecule has 0 bridgehead atoms. The predicted molar refractivity (Wildman–Crippen MR) is 55.6 cm³/mol. The van der Waals surface area contributed by atoms with Crippen LogP contribution in [-0.2, 0) is 13.5 Å². The second-order valence-electron chi connectivity index (χ2n) is 3.28. The monoisotopic (exact) mass is 220 g/mol. The number of hydrogen-bond donors (Lipinski definition) is 2. The van der Waals surface area contributed by atoms with Crippen molar-refractivity contribution in [3.8, 4) is 0 Å². The Morgan fingerprint density at radius 1 is 1.62 bits per heavy atom. The van der Waals surface area contributed by atoms with Crippen molar-refractivity contribution in [1.29, 1.82) is 0 Å². The van der Waals surface area contributed by atoms with Crippen LogP contribution in [0.15, 0.2) is 18.6 Å². The Hall–Kier alpha value is -2.18. The Bertz CT molecular complexity index is 460. The van der Waals surface area contributed by atoms with Gasteiger partial charge in [-0.15, -0.1) is 0 Å². The Morgan fingerprint density at radius 2 is 2.50 bits per heavy atom. The minimum Gasteiger partial charge on any atom is -0.350 e. The molecular formula is C9H12N6O. The first kappa shape index (κ1) is 10.3. The summed E-state index contributed by atoms with van der Waals surface area (Å²) in [5, 5.41) is 13.1. The first-order valence-electron chi connectivity index (χ1n) is 4.88. The third kappa shape index (κ3) is 2.25. The third-order valence-corrected chi connectivity index (χ3v) is 2.17. The van der Waals surface area contributed by atoms with E-state index in [0.717, 1.165) is 5.82 Å². The second kappa shape index (κ2) is 4.56. The molecule has 7 nitrogen and oxygen atoms in total. The highest BCUT2D eigenvalue weighted by Crippen LogP contribution is 1.95. The smallest absolute Gasteiger partial charge is 0.269 e. The van der Waals surface area contributed by atoms with Gasteiger partial charge in [0, 0.05) is 26.2 Å². The molecule has 0 aliphatic carbocycles. The molecule has 0 unspecified atom stereocenters. The van der Waals surface area contributed by atoms with E-state index in [4.69, 9.17) is 0 Å². The Morgan fingerprint density at radius 3 is 3.12 bits per heavy atom. The fourth-order valence-electron chi connectivity index (χ4n) is 1.33. The lowest BCUT2D eigenvalue weighted by molar-refractivity contribution is 0.0944. The number of carbonyl (C=O) groups excluding carboxylic acids is 1. The molecule has 0 aromatic carbocycles. The highest BCUT2D eigenvalue weighted by molar-refractivity contribution is 5.92. The predicted octanol–water partition coefficient (Wildman–Crippen LogP) is -0.489. The molecule has 0 aliphatic heterocycles. The topological polar surface area (TPSA) is 88.5 Å². The number of hydrogen-bond acceptors (Lipinski definition) is 4. The van der Waals surface area contributed by atoms with E-state index in [1.807, 2.05) is 0 Å². The normalized spacial score (nSPS) is 10.3. The van der Waals surface area contributed by atoms with Crippen LogP contribution in [-0.4, -0.2) is 37.4 Å². The van der Waals surface area contributed by atoms with Crippen LogP contribution in [0.3, 0.4) is 0 Å². The van der Waals surface area contributed by atoms with E-state index in [2.05, 4.69) is 25.6 Å². The van der Waals surface area contributed by atoms with Crippen LogP contribution in [0.25, 0.3) is 0 Å². The fourth-order valence-corrected chi connectivity index (χ4v) is 1.33. The van der Waals surface area contributed by atoms with Gasteiger partial charge in [-0.05, 0) is 6.07 Å². The summed E-state index contributed by atoms with van der Waals surface area (Å²) in [5.41, 5.74) is 0.539. The van der Waals surface area contributed by atoms with E-state index in [9.17, 15) is 4.79 Å². The Balaban J connectivity index is 1.83. The lowest BCUT2D eigenvalue weighted by Crippen LogP contribution is -2.27. The zero-order valence-corrected chi connectivity index (χ0v) is 8.84. The molecule has 7 heteroatoms. The van der Waals surface area contributed by atoms with Crippen LogP contribution in [0, 0.1) is 0 Å². The molecule has 0 atom stereocenters. The summed E-state index contributed by atoms with van der Waals surface area (Å²) in [4.78, 5) is 15.6. The largest absolute Gasteiger partial charge is 0.350 e. The molecule has 2 heterocycles. The maximum absolute atomic E-state index is 11.6. The van der Waals surface area contributed by atoms with Crippen LogP contribution in [0.4, 0.5) is 0 Å². The number of H-pyrrole nitrogens is 1. The molecule has 0 spiro atoms. The SMILES string of the molecule is Cn1nccc1C(=O)NCCc1ncn[nH]1. The number of carbonyl (C=O) groups is 1.